The van der Waals surface area contributed by atoms with Gasteiger partial charge in [0, 0.05) is 5.02 Å². The molecule has 0 aromatic heterocycles. The molecular weight excluding hydrogens is 286 g/mol. The second-order valence-corrected chi connectivity index (χ2v) is 5.72. The first kappa shape index (κ1) is 14.0. The van der Waals surface area contributed by atoms with E-state index in [1.54, 1.807) is 24.0 Å². The van der Waals surface area contributed by atoms with Crippen LogP contribution in [0.2, 0.25) is 5.02 Å². The number of nitrogens with zero attached hydrogens (tertiary/aromatic N) is 1. The summed E-state index contributed by atoms with van der Waals surface area (Å²) in [6.45, 7) is 4.32. The Morgan fingerprint density at radius 2 is 1.90 bits per heavy atom. The molecule has 0 spiro atoms. The van der Waals surface area contributed by atoms with Crippen LogP contribution in [0.15, 0.2) is 42.5 Å². The van der Waals surface area contributed by atoms with Crippen molar-refractivity contribution in [1.82, 2.24) is 0 Å². The number of hydrogen-bond acceptors (Lipinski definition) is 2. The average molecular weight is 302 g/mol. The number of ether oxygens (including phenoxy) is 1. The minimum Gasteiger partial charge on any atom is -0.479 e. The van der Waals surface area contributed by atoms with Crippen LogP contribution in [0.4, 0.5) is 5.69 Å². The number of anilines is 1. The van der Waals surface area contributed by atoms with Crippen LogP contribution in [0.25, 0.3) is 0 Å². The minimum absolute atomic E-state index is 0.0506. The molecule has 1 amide bonds. The van der Waals surface area contributed by atoms with Crippen LogP contribution in [-0.2, 0) is 11.3 Å². The summed E-state index contributed by atoms with van der Waals surface area (Å²) < 4.78 is 5.64. The van der Waals surface area contributed by atoms with E-state index >= 15 is 0 Å². The third-order valence-electron chi connectivity index (χ3n) is 3.59. The van der Waals surface area contributed by atoms with Crippen molar-refractivity contribution in [2.24, 2.45) is 0 Å². The van der Waals surface area contributed by atoms with Crippen molar-refractivity contribution in [3.8, 4) is 5.75 Å². The molecule has 2 aromatic rings. The van der Waals surface area contributed by atoms with E-state index in [1.807, 2.05) is 37.3 Å². The van der Waals surface area contributed by atoms with Gasteiger partial charge in [-0.25, -0.2) is 0 Å². The lowest BCUT2D eigenvalue weighted by atomic mass is 10.1. The average Bonchev–Trinajstić information content (AvgIpc) is 2.47. The first-order valence-electron chi connectivity index (χ1n) is 6.88. The molecule has 1 heterocycles. The molecule has 1 unspecified atom stereocenters. The SMILES string of the molecule is Cc1ccc(CN2C(=O)C(C)Oc3ccc(Cl)cc32)cc1. The molecule has 2 aromatic carbocycles. The number of fused-ring (bicyclic) bond motifs is 1. The van der Waals surface area contributed by atoms with Crippen molar-refractivity contribution in [3.05, 3.63) is 58.6 Å². The molecular formula is C17H16ClNO2. The smallest absolute Gasteiger partial charge is 0.268 e. The fourth-order valence-corrected chi connectivity index (χ4v) is 2.59. The Bertz CT molecular complexity index is 682. The van der Waals surface area contributed by atoms with Crippen LogP contribution in [0.3, 0.4) is 0 Å². The topological polar surface area (TPSA) is 29.5 Å². The number of amides is 1. The van der Waals surface area contributed by atoms with Gasteiger partial charge in [-0.2, -0.15) is 0 Å². The standard InChI is InChI=1S/C17H16ClNO2/c1-11-3-5-13(6-4-11)10-19-15-9-14(18)7-8-16(15)21-12(2)17(19)20/h3-9,12H,10H2,1-2H3. The molecule has 0 N–H and O–H groups in total. The van der Waals surface area contributed by atoms with E-state index in [4.69, 9.17) is 16.3 Å². The monoisotopic (exact) mass is 301 g/mol. The van der Waals surface area contributed by atoms with Gasteiger partial charge in [-0.15, -0.1) is 0 Å². The van der Waals surface area contributed by atoms with Crippen LogP contribution >= 0.6 is 11.6 Å². The number of aryl methyl sites for hydroxylation is 1. The van der Waals surface area contributed by atoms with Gasteiger partial charge < -0.3 is 9.64 Å². The van der Waals surface area contributed by atoms with E-state index in [-0.39, 0.29) is 5.91 Å². The minimum atomic E-state index is -0.482. The maximum absolute atomic E-state index is 12.4. The van der Waals surface area contributed by atoms with Crippen molar-refractivity contribution in [3.63, 3.8) is 0 Å². The van der Waals surface area contributed by atoms with Crippen LogP contribution < -0.4 is 9.64 Å². The second kappa shape index (κ2) is 5.41. The summed E-state index contributed by atoms with van der Waals surface area (Å²) >= 11 is 6.06. The van der Waals surface area contributed by atoms with Gasteiger partial charge in [-0.3, -0.25) is 4.79 Å². The van der Waals surface area contributed by atoms with Gasteiger partial charge in [0.2, 0.25) is 0 Å². The molecule has 1 atom stereocenters. The zero-order chi connectivity index (χ0) is 15.0. The maximum atomic E-state index is 12.4. The first-order chi connectivity index (χ1) is 10.0. The molecule has 21 heavy (non-hydrogen) atoms. The lowest BCUT2D eigenvalue weighted by Crippen LogP contribution is -2.43. The van der Waals surface area contributed by atoms with Crippen molar-refractivity contribution in [2.75, 3.05) is 4.90 Å². The molecule has 0 saturated heterocycles. The van der Waals surface area contributed by atoms with E-state index in [0.717, 1.165) is 11.3 Å². The van der Waals surface area contributed by atoms with Crippen LogP contribution in [0, 0.1) is 6.92 Å². The zero-order valence-corrected chi connectivity index (χ0v) is 12.7. The van der Waals surface area contributed by atoms with Gasteiger partial charge in [0.05, 0.1) is 12.2 Å². The highest BCUT2D eigenvalue weighted by atomic mass is 35.5. The Morgan fingerprint density at radius 1 is 1.19 bits per heavy atom. The highest BCUT2D eigenvalue weighted by molar-refractivity contribution is 6.31. The maximum Gasteiger partial charge on any atom is 0.268 e. The molecule has 3 rings (SSSR count). The normalized spacial score (nSPS) is 17.4. The highest BCUT2D eigenvalue weighted by Gasteiger charge is 2.31. The van der Waals surface area contributed by atoms with Crippen molar-refractivity contribution in [2.45, 2.75) is 26.5 Å². The van der Waals surface area contributed by atoms with Crippen LogP contribution in [0.1, 0.15) is 18.1 Å². The van der Waals surface area contributed by atoms with Crippen LogP contribution in [-0.4, -0.2) is 12.0 Å². The summed E-state index contributed by atoms with van der Waals surface area (Å²) in [7, 11) is 0. The molecule has 0 bridgehead atoms. The molecule has 3 nitrogen and oxygen atoms in total. The number of carbonyl (C=O) groups excluding carboxylic acids is 1. The van der Waals surface area contributed by atoms with E-state index in [9.17, 15) is 4.79 Å². The fraction of sp³-hybridized carbons (Fsp3) is 0.235. The van der Waals surface area contributed by atoms with Crippen molar-refractivity contribution >= 4 is 23.2 Å². The Kier molecular flexibility index (Phi) is 3.60. The lowest BCUT2D eigenvalue weighted by molar-refractivity contribution is -0.125. The molecule has 1 aliphatic rings. The Labute approximate surface area is 129 Å². The van der Waals surface area contributed by atoms with Gasteiger partial charge in [0.15, 0.2) is 6.10 Å². The summed E-state index contributed by atoms with van der Waals surface area (Å²) in [5.41, 5.74) is 3.00. The van der Waals surface area contributed by atoms with E-state index in [2.05, 4.69) is 0 Å². The third kappa shape index (κ3) is 2.74. The number of rotatable bonds is 2. The van der Waals surface area contributed by atoms with Gasteiger partial charge >= 0.3 is 0 Å². The van der Waals surface area contributed by atoms with Gasteiger partial charge in [-0.1, -0.05) is 41.4 Å². The summed E-state index contributed by atoms with van der Waals surface area (Å²) in [4.78, 5) is 14.2. The molecule has 0 aliphatic carbocycles. The van der Waals surface area contributed by atoms with Gasteiger partial charge in [-0.05, 0) is 37.6 Å². The number of hydrogen-bond donors (Lipinski definition) is 0. The van der Waals surface area contributed by atoms with Crippen LogP contribution in [0.5, 0.6) is 5.75 Å². The van der Waals surface area contributed by atoms with Gasteiger partial charge in [0.25, 0.3) is 5.91 Å². The van der Waals surface area contributed by atoms with E-state index in [0.29, 0.717) is 17.3 Å². The molecule has 0 fully saturated rings. The summed E-state index contributed by atoms with van der Waals surface area (Å²) in [5, 5.41) is 0.591. The Morgan fingerprint density at radius 3 is 2.62 bits per heavy atom. The predicted molar refractivity (Wildman–Crippen MR) is 83.9 cm³/mol. The first-order valence-corrected chi connectivity index (χ1v) is 7.25. The fourth-order valence-electron chi connectivity index (χ4n) is 2.42. The number of carbonyl (C=O) groups is 1. The summed E-state index contributed by atoms with van der Waals surface area (Å²) in [6.07, 6.45) is -0.482. The highest BCUT2D eigenvalue weighted by Crippen LogP contribution is 2.37. The predicted octanol–water partition coefficient (Wildman–Crippen LogP) is 3.96. The second-order valence-electron chi connectivity index (χ2n) is 5.28. The zero-order valence-electron chi connectivity index (χ0n) is 12.0. The van der Waals surface area contributed by atoms with Crippen molar-refractivity contribution < 1.29 is 9.53 Å². The Balaban J connectivity index is 1.98. The van der Waals surface area contributed by atoms with Gasteiger partial charge in [0.1, 0.15) is 5.75 Å². The summed E-state index contributed by atoms with van der Waals surface area (Å²) in [5.74, 6) is 0.643. The quantitative estimate of drug-likeness (QED) is 0.840. The molecule has 0 radical (unpaired) electrons. The van der Waals surface area contributed by atoms with E-state index < -0.39 is 6.10 Å². The summed E-state index contributed by atoms with van der Waals surface area (Å²) in [6, 6.07) is 13.5. The largest absolute Gasteiger partial charge is 0.479 e. The van der Waals surface area contributed by atoms with Crippen molar-refractivity contribution in [1.29, 1.82) is 0 Å². The Hall–Kier alpha value is -2.00. The third-order valence-corrected chi connectivity index (χ3v) is 3.83. The molecule has 108 valence electrons. The molecule has 1 aliphatic heterocycles. The lowest BCUT2D eigenvalue weighted by Gasteiger charge is -2.33. The molecule has 0 saturated carbocycles. The molecule has 4 heteroatoms. The van der Waals surface area contributed by atoms with E-state index in [1.165, 1.54) is 5.56 Å². The number of benzene rings is 2. The number of halogens is 1.